The van der Waals surface area contributed by atoms with Crippen molar-refractivity contribution < 1.29 is 4.79 Å². The van der Waals surface area contributed by atoms with Crippen LogP contribution in [-0.4, -0.2) is 5.91 Å². The lowest BCUT2D eigenvalue weighted by Crippen LogP contribution is -2.33. The van der Waals surface area contributed by atoms with Gasteiger partial charge in [0.25, 0.3) is 0 Å². The first-order valence-electron chi connectivity index (χ1n) is 5.87. The fourth-order valence-electron chi connectivity index (χ4n) is 1.95. The summed E-state index contributed by atoms with van der Waals surface area (Å²) in [5.41, 5.74) is 5.35. The molecule has 17 heavy (non-hydrogen) atoms. The minimum absolute atomic E-state index is 0.00611. The molecular weight excluding hydrogens is 212 g/mol. The van der Waals surface area contributed by atoms with E-state index < -0.39 is 5.41 Å². The number of rotatable bonds is 2. The third kappa shape index (κ3) is 1.71. The van der Waals surface area contributed by atoms with Crippen molar-refractivity contribution >= 4 is 11.6 Å². The van der Waals surface area contributed by atoms with Crippen molar-refractivity contribution in [3.63, 3.8) is 0 Å². The Labute approximate surface area is 102 Å². The van der Waals surface area contributed by atoms with Gasteiger partial charge < -0.3 is 0 Å². The first-order chi connectivity index (χ1) is 7.98. The van der Waals surface area contributed by atoms with Crippen molar-refractivity contribution in [3.8, 4) is 0 Å². The Morgan fingerprint density at radius 3 is 2.53 bits per heavy atom. The Morgan fingerprint density at radius 1 is 1.35 bits per heavy atom. The highest BCUT2D eigenvalue weighted by atomic mass is 16.2. The zero-order chi connectivity index (χ0) is 12.6. The Hall–Kier alpha value is -1.77. The molecule has 90 valence electrons. The number of anilines is 1. The minimum Gasteiger partial charge on any atom is -0.272 e. The second kappa shape index (κ2) is 3.91. The van der Waals surface area contributed by atoms with Crippen LogP contribution in [0.3, 0.4) is 0 Å². The Bertz CT molecular complexity index is 477. The van der Waals surface area contributed by atoms with E-state index in [1.807, 2.05) is 32.0 Å². The van der Waals surface area contributed by atoms with E-state index in [4.69, 9.17) is 0 Å². The van der Waals surface area contributed by atoms with Crippen molar-refractivity contribution in [1.29, 1.82) is 0 Å². The fourth-order valence-corrected chi connectivity index (χ4v) is 1.95. The Balaban J connectivity index is 2.43. The van der Waals surface area contributed by atoms with Gasteiger partial charge in [0.2, 0.25) is 5.91 Å². The van der Waals surface area contributed by atoms with Gasteiger partial charge in [0.15, 0.2) is 0 Å². The van der Waals surface area contributed by atoms with Crippen molar-refractivity contribution in [1.82, 2.24) is 5.43 Å². The quantitative estimate of drug-likeness (QED) is 0.847. The maximum Gasteiger partial charge on any atom is 0.250 e. The number of aryl methyl sites for hydroxylation is 1. The summed E-state index contributed by atoms with van der Waals surface area (Å²) in [5.74, 6) is -0.00611. The van der Waals surface area contributed by atoms with E-state index in [1.54, 1.807) is 5.01 Å². The van der Waals surface area contributed by atoms with Crippen LogP contribution >= 0.6 is 0 Å². The molecule has 1 amide bonds. The summed E-state index contributed by atoms with van der Waals surface area (Å²) in [4.78, 5) is 11.9. The van der Waals surface area contributed by atoms with Crippen LogP contribution < -0.4 is 10.4 Å². The summed E-state index contributed by atoms with van der Waals surface area (Å²) in [6.45, 7) is 9.91. The molecule has 1 heterocycles. The maximum atomic E-state index is 11.9. The molecule has 0 saturated carbocycles. The average Bonchev–Trinajstić information content (AvgIpc) is 2.53. The number of nitrogens with one attached hydrogen (secondary N) is 1. The van der Waals surface area contributed by atoms with Crippen LogP contribution in [0, 0.1) is 5.41 Å². The molecule has 1 aliphatic heterocycles. The standard InChI is InChI=1S/C14H18N2O/c1-5-11-8-6-7-9-12(11)16-10(2)14(3,4)13(17)15-16/h6-9H,2,5H2,1,3-4H3,(H,15,17). The molecule has 1 N–H and O–H groups in total. The molecule has 1 saturated heterocycles. The predicted octanol–water partition coefficient (Wildman–Crippen LogP) is 2.64. The fraction of sp³-hybridized carbons (Fsp3) is 0.357. The summed E-state index contributed by atoms with van der Waals surface area (Å²) in [6, 6.07) is 8.05. The number of hydrogen-bond donors (Lipinski definition) is 1. The molecule has 0 aromatic heterocycles. The number of hydrazine groups is 1. The van der Waals surface area contributed by atoms with E-state index in [-0.39, 0.29) is 5.91 Å². The molecule has 1 aromatic rings. The second-order valence-electron chi connectivity index (χ2n) is 4.83. The second-order valence-corrected chi connectivity index (χ2v) is 4.83. The molecular formula is C14H18N2O. The first-order valence-corrected chi connectivity index (χ1v) is 5.87. The maximum absolute atomic E-state index is 11.9. The van der Waals surface area contributed by atoms with Crippen LogP contribution in [0.4, 0.5) is 5.69 Å². The summed E-state index contributed by atoms with van der Waals surface area (Å²) >= 11 is 0. The number of benzene rings is 1. The minimum atomic E-state index is -0.541. The number of nitrogens with zero attached hydrogens (tertiary/aromatic N) is 1. The summed E-state index contributed by atoms with van der Waals surface area (Å²) in [6.07, 6.45) is 0.927. The van der Waals surface area contributed by atoms with E-state index in [0.717, 1.165) is 17.8 Å². The van der Waals surface area contributed by atoms with Gasteiger partial charge in [0.1, 0.15) is 0 Å². The molecule has 1 aromatic carbocycles. The predicted molar refractivity (Wildman–Crippen MR) is 69.4 cm³/mol. The van der Waals surface area contributed by atoms with Gasteiger partial charge in [-0.3, -0.25) is 15.2 Å². The van der Waals surface area contributed by atoms with Gasteiger partial charge >= 0.3 is 0 Å². The molecule has 0 spiro atoms. The van der Waals surface area contributed by atoms with Crippen molar-refractivity contribution in [3.05, 3.63) is 42.1 Å². The normalized spacial score (nSPS) is 18.4. The van der Waals surface area contributed by atoms with Crippen LogP contribution in [0.25, 0.3) is 0 Å². The lowest BCUT2D eigenvalue weighted by molar-refractivity contribution is -0.125. The molecule has 0 atom stereocenters. The summed E-state index contributed by atoms with van der Waals surface area (Å²) in [7, 11) is 0. The number of carbonyl (C=O) groups is 1. The third-order valence-electron chi connectivity index (χ3n) is 3.39. The number of carbonyl (C=O) groups excluding carboxylic acids is 1. The molecule has 0 unspecified atom stereocenters. The molecule has 0 radical (unpaired) electrons. The van der Waals surface area contributed by atoms with Crippen molar-refractivity contribution in [2.75, 3.05) is 5.01 Å². The Morgan fingerprint density at radius 2 is 2.00 bits per heavy atom. The lowest BCUT2D eigenvalue weighted by Gasteiger charge is -2.23. The van der Waals surface area contributed by atoms with E-state index in [2.05, 4.69) is 25.0 Å². The lowest BCUT2D eigenvalue weighted by atomic mass is 9.90. The molecule has 0 bridgehead atoms. The van der Waals surface area contributed by atoms with Crippen molar-refractivity contribution in [2.24, 2.45) is 5.41 Å². The molecule has 3 heteroatoms. The smallest absolute Gasteiger partial charge is 0.250 e. The van der Waals surface area contributed by atoms with Crippen LogP contribution in [0.1, 0.15) is 26.3 Å². The topological polar surface area (TPSA) is 32.3 Å². The van der Waals surface area contributed by atoms with Gasteiger partial charge in [0.05, 0.1) is 11.1 Å². The van der Waals surface area contributed by atoms with Crippen LogP contribution in [-0.2, 0) is 11.2 Å². The summed E-state index contributed by atoms with van der Waals surface area (Å²) < 4.78 is 0. The molecule has 2 rings (SSSR count). The number of hydrogen-bond acceptors (Lipinski definition) is 2. The molecule has 1 fully saturated rings. The van der Waals surface area contributed by atoms with Crippen molar-refractivity contribution in [2.45, 2.75) is 27.2 Å². The highest BCUT2D eigenvalue weighted by Gasteiger charge is 2.42. The number of amides is 1. The van der Waals surface area contributed by atoms with Gasteiger partial charge in [-0.2, -0.15) is 0 Å². The largest absolute Gasteiger partial charge is 0.272 e. The van der Waals surface area contributed by atoms with Gasteiger partial charge in [0, 0.05) is 5.70 Å². The zero-order valence-electron chi connectivity index (χ0n) is 10.6. The van der Waals surface area contributed by atoms with E-state index >= 15 is 0 Å². The van der Waals surface area contributed by atoms with E-state index in [9.17, 15) is 4.79 Å². The monoisotopic (exact) mass is 230 g/mol. The van der Waals surface area contributed by atoms with Crippen LogP contribution in [0.15, 0.2) is 36.5 Å². The van der Waals surface area contributed by atoms with Gasteiger partial charge in [-0.25, -0.2) is 0 Å². The van der Waals surface area contributed by atoms with Gasteiger partial charge in [-0.1, -0.05) is 31.7 Å². The van der Waals surface area contributed by atoms with Gasteiger partial charge in [-0.15, -0.1) is 0 Å². The number of para-hydroxylation sites is 1. The zero-order valence-corrected chi connectivity index (χ0v) is 10.6. The highest BCUT2D eigenvalue weighted by molar-refractivity contribution is 5.92. The molecule has 3 nitrogen and oxygen atoms in total. The third-order valence-corrected chi connectivity index (χ3v) is 3.39. The SMILES string of the molecule is C=C1N(c2ccccc2CC)NC(=O)C1(C)C. The van der Waals surface area contributed by atoms with Crippen LogP contribution in [0.2, 0.25) is 0 Å². The van der Waals surface area contributed by atoms with E-state index in [1.165, 1.54) is 5.56 Å². The molecule has 1 aliphatic rings. The molecule has 0 aliphatic carbocycles. The van der Waals surface area contributed by atoms with Gasteiger partial charge in [-0.05, 0) is 31.9 Å². The first kappa shape index (κ1) is 11.7. The average molecular weight is 230 g/mol. The Kier molecular flexibility index (Phi) is 2.69. The van der Waals surface area contributed by atoms with Crippen LogP contribution in [0.5, 0.6) is 0 Å². The highest BCUT2D eigenvalue weighted by Crippen LogP contribution is 2.37. The van der Waals surface area contributed by atoms with E-state index in [0.29, 0.717) is 0 Å². The summed E-state index contributed by atoms with van der Waals surface area (Å²) in [5, 5.41) is 1.81.